The quantitative estimate of drug-likeness (QED) is 0.201. The fraction of sp³-hybridized carbons (Fsp3) is 0.0526. The van der Waals surface area contributed by atoms with E-state index in [-0.39, 0.29) is 6.85 Å². The zero-order valence-electron chi connectivity index (χ0n) is 23.7. The monoisotopic (exact) mass is 559 g/mol. The Hall–Kier alpha value is -4.67. The standard InChI is InChI=1S/C38H30BNOS/c1-42(2)35-25-13-19-29(27-15-5-3-6-16-27)37(35)40(38-30(20-14-26-36(38)42)28-17-7-4-8-18-28)39-31-21-9-11-23-33(31)41-34-24-12-10-22-32(34)39/h3-26H,1-2H3. The van der Waals surface area contributed by atoms with Gasteiger partial charge in [0.15, 0.2) is 0 Å². The predicted molar refractivity (Wildman–Crippen MR) is 180 cm³/mol. The van der Waals surface area contributed by atoms with Gasteiger partial charge in [0, 0.05) is 20.9 Å². The summed E-state index contributed by atoms with van der Waals surface area (Å²) < 4.78 is 6.52. The van der Waals surface area contributed by atoms with E-state index >= 15 is 0 Å². The van der Waals surface area contributed by atoms with Crippen molar-refractivity contribution in [3.8, 4) is 33.8 Å². The second kappa shape index (κ2) is 9.72. The first-order valence-corrected chi connectivity index (χ1v) is 16.8. The van der Waals surface area contributed by atoms with Crippen molar-refractivity contribution in [2.75, 3.05) is 17.3 Å². The maximum absolute atomic E-state index is 6.52. The molecule has 4 heteroatoms. The van der Waals surface area contributed by atoms with E-state index < -0.39 is 10.0 Å². The highest BCUT2D eigenvalue weighted by atomic mass is 32.3. The number of hydrogen-bond donors (Lipinski definition) is 0. The van der Waals surface area contributed by atoms with Crippen molar-refractivity contribution in [1.82, 2.24) is 0 Å². The molecule has 0 saturated carbocycles. The van der Waals surface area contributed by atoms with E-state index in [1.54, 1.807) is 0 Å². The number of fused-ring (bicyclic) bond motifs is 4. The molecule has 0 saturated heterocycles. The highest BCUT2D eigenvalue weighted by Crippen LogP contribution is 2.69. The SMILES string of the molecule is CS1(C)c2cccc(-c3ccccc3)c2N(B2c3ccccc3Oc3ccccc32)c2c(-c3ccccc3)cccc21. The van der Waals surface area contributed by atoms with Crippen LogP contribution in [0.5, 0.6) is 11.5 Å². The van der Waals surface area contributed by atoms with Gasteiger partial charge in [0.1, 0.15) is 11.5 Å². The molecular weight excluding hydrogens is 529 g/mol. The van der Waals surface area contributed by atoms with Gasteiger partial charge >= 0.3 is 6.85 Å². The summed E-state index contributed by atoms with van der Waals surface area (Å²) in [4.78, 5) is 5.46. The summed E-state index contributed by atoms with van der Waals surface area (Å²) in [5, 5.41) is 0. The van der Waals surface area contributed by atoms with Crippen molar-refractivity contribution in [2.24, 2.45) is 0 Å². The van der Waals surface area contributed by atoms with Gasteiger partial charge < -0.3 is 9.55 Å². The summed E-state index contributed by atoms with van der Waals surface area (Å²) in [5.41, 5.74) is 9.88. The Morgan fingerprint density at radius 1 is 0.476 bits per heavy atom. The number of para-hydroxylation sites is 4. The van der Waals surface area contributed by atoms with Crippen molar-refractivity contribution >= 4 is 39.2 Å². The van der Waals surface area contributed by atoms with E-state index in [1.165, 1.54) is 54.3 Å². The first kappa shape index (κ1) is 25.1. The maximum atomic E-state index is 6.52. The summed E-state index contributed by atoms with van der Waals surface area (Å²) in [7, 11) is -1.36. The molecule has 0 N–H and O–H groups in total. The summed E-state index contributed by atoms with van der Waals surface area (Å²) in [6.45, 7) is -0.0751. The molecule has 0 aromatic heterocycles. The van der Waals surface area contributed by atoms with Gasteiger partial charge in [0.25, 0.3) is 0 Å². The zero-order chi connectivity index (χ0) is 28.3. The summed E-state index contributed by atoms with van der Waals surface area (Å²) in [6, 6.07) is 52.6. The van der Waals surface area contributed by atoms with E-state index in [4.69, 9.17) is 4.74 Å². The van der Waals surface area contributed by atoms with Crippen LogP contribution < -0.4 is 20.5 Å². The van der Waals surface area contributed by atoms with Crippen LogP contribution in [0.3, 0.4) is 0 Å². The normalized spacial score (nSPS) is 15.0. The average molecular weight is 560 g/mol. The Kier molecular flexibility index (Phi) is 5.80. The molecule has 2 nitrogen and oxygen atoms in total. The number of anilines is 2. The van der Waals surface area contributed by atoms with Gasteiger partial charge in [0.05, 0.1) is 11.4 Å². The summed E-state index contributed by atoms with van der Waals surface area (Å²) in [5.74, 6) is 1.83. The van der Waals surface area contributed by atoms with Crippen molar-refractivity contribution in [3.05, 3.63) is 146 Å². The number of nitrogens with zero attached hydrogens (tertiary/aromatic N) is 1. The average Bonchev–Trinajstić information content (AvgIpc) is 3.05. The van der Waals surface area contributed by atoms with E-state index in [9.17, 15) is 0 Å². The molecule has 0 spiro atoms. The van der Waals surface area contributed by atoms with E-state index in [1.807, 2.05) is 0 Å². The zero-order valence-corrected chi connectivity index (χ0v) is 24.5. The molecule has 2 aliphatic heterocycles. The molecule has 42 heavy (non-hydrogen) atoms. The molecule has 8 rings (SSSR count). The van der Waals surface area contributed by atoms with Crippen LogP contribution in [0.2, 0.25) is 0 Å². The van der Waals surface area contributed by atoms with Crippen molar-refractivity contribution in [2.45, 2.75) is 9.79 Å². The molecule has 0 atom stereocenters. The fourth-order valence-electron chi connectivity index (χ4n) is 6.72. The van der Waals surface area contributed by atoms with Crippen LogP contribution in [0, 0.1) is 0 Å². The minimum absolute atomic E-state index is 0.0751. The van der Waals surface area contributed by atoms with Crippen LogP contribution in [0.1, 0.15) is 0 Å². The smallest absolute Gasteiger partial charge is 0.335 e. The molecular formula is C38H30BNOS. The molecule has 6 aromatic rings. The third kappa shape index (κ3) is 3.75. The number of ether oxygens (including phenoxy) is 1. The van der Waals surface area contributed by atoms with Crippen LogP contribution in [0.15, 0.2) is 155 Å². The topological polar surface area (TPSA) is 12.5 Å². The van der Waals surface area contributed by atoms with Gasteiger partial charge in [-0.2, -0.15) is 10.0 Å². The van der Waals surface area contributed by atoms with Gasteiger partial charge in [-0.05, 0) is 58.8 Å². The Balaban J connectivity index is 1.53. The fourth-order valence-corrected chi connectivity index (χ4v) is 9.18. The molecule has 0 amide bonds. The number of hydrogen-bond acceptors (Lipinski definition) is 2. The van der Waals surface area contributed by atoms with Crippen LogP contribution in [-0.4, -0.2) is 19.4 Å². The van der Waals surface area contributed by atoms with Crippen LogP contribution in [0.25, 0.3) is 22.3 Å². The molecule has 0 aliphatic carbocycles. The Morgan fingerprint density at radius 2 is 0.905 bits per heavy atom. The molecule has 202 valence electrons. The Bertz CT molecular complexity index is 1820. The lowest BCUT2D eigenvalue weighted by Gasteiger charge is -2.49. The minimum atomic E-state index is -1.36. The Labute approximate surface area is 249 Å². The summed E-state index contributed by atoms with van der Waals surface area (Å²) >= 11 is 0. The molecule has 6 aromatic carbocycles. The largest absolute Gasteiger partial charge is 0.458 e. The second-order valence-corrected chi connectivity index (χ2v) is 14.8. The molecule has 0 unspecified atom stereocenters. The van der Waals surface area contributed by atoms with Gasteiger partial charge in [-0.15, -0.1) is 0 Å². The van der Waals surface area contributed by atoms with Crippen molar-refractivity contribution in [3.63, 3.8) is 0 Å². The lowest BCUT2D eigenvalue weighted by molar-refractivity contribution is 0.487. The Morgan fingerprint density at radius 3 is 1.38 bits per heavy atom. The van der Waals surface area contributed by atoms with E-state index in [2.05, 4.69) is 163 Å². The van der Waals surface area contributed by atoms with E-state index in [0.717, 1.165) is 11.5 Å². The van der Waals surface area contributed by atoms with Gasteiger partial charge in [0.2, 0.25) is 0 Å². The lowest BCUT2D eigenvalue weighted by atomic mass is 9.47. The van der Waals surface area contributed by atoms with Crippen LogP contribution in [0.4, 0.5) is 11.4 Å². The van der Waals surface area contributed by atoms with Crippen LogP contribution in [-0.2, 0) is 0 Å². The second-order valence-electron chi connectivity index (χ2n) is 11.3. The summed E-state index contributed by atoms with van der Waals surface area (Å²) in [6.07, 6.45) is 4.91. The predicted octanol–water partition coefficient (Wildman–Crippen LogP) is 8.87. The van der Waals surface area contributed by atoms with Crippen molar-refractivity contribution in [1.29, 1.82) is 0 Å². The maximum Gasteiger partial charge on any atom is 0.335 e. The third-order valence-electron chi connectivity index (χ3n) is 8.65. The number of benzene rings is 6. The first-order chi connectivity index (χ1) is 20.6. The first-order valence-electron chi connectivity index (χ1n) is 14.4. The van der Waals surface area contributed by atoms with Crippen molar-refractivity contribution < 1.29 is 4.74 Å². The molecule has 2 aliphatic rings. The number of rotatable bonds is 3. The van der Waals surface area contributed by atoms with Gasteiger partial charge in [-0.3, -0.25) is 0 Å². The molecule has 0 fully saturated rings. The molecule has 0 radical (unpaired) electrons. The lowest BCUT2D eigenvalue weighted by Crippen LogP contribution is -2.58. The van der Waals surface area contributed by atoms with Gasteiger partial charge in [-0.25, -0.2) is 0 Å². The van der Waals surface area contributed by atoms with Gasteiger partial charge in [-0.1, -0.05) is 121 Å². The van der Waals surface area contributed by atoms with Crippen LogP contribution >= 0.6 is 10.0 Å². The molecule has 0 bridgehead atoms. The third-order valence-corrected chi connectivity index (χ3v) is 11.5. The minimum Gasteiger partial charge on any atom is -0.458 e. The highest BCUT2D eigenvalue weighted by Gasteiger charge is 2.45. The molecule has 2 heterocycles. The highest BCUT2D eigenvalue weighted by molar-refractivity contribution is 8.33. The van der Waals surface area contributed by atoms with E-state index in [0.29, 0.717) is 0 Å².